The van der Waals surface area contributed by atoms with E-state index in [1.54, 1.807) is 6.20 Å². The normalized spacial score (nSPS) is 18.5. The van der Waals surface area contributed by atoms with Crippen molar-refractivity contribution >= 4 is 5.91 Å². The standard InChI is InChI=1S/C14H17N5O2/c1-2-9-4-3-5-16-12(9)13-18-11(21-19-13)8-10-14(20)17-7-6-15-10/h3-5,10,15H,2,6-8H2,1H3,(H,17,20). The van der Waals surface area contributed by atoms with E-state index in [2.05, 4.69) is 32.7 Å². The number of rotatable bonds is 4. The second-order valence-electron chi connectivity index (χ2n) is 4.88. The van der Waals surface area contributed by atoms with Gasteiger partial charge in [0.2, 0.25) is 17.6 Å². The molecule has 0 radical (unpaired) electrons. The largest absolute Gasteiger partial charge is 0.353 e. The summed E-state index contributed by atoms with van der Waals surface area (Å²) >= 11 is 0. The third kappa shape index (κ3) is 2.92. The predicted octanol–water partition coefficient (Wildman–Crippen LogP) is 0.324. The number of hydrogen-bond acceptors (Lipinski definition) is 6. The van der Waals surface area contributed by atoms with Gasteiger partial charge in [0.1, 0.15) is 5.69 Å². The fourth-order valence-corrected chi connectivity index (χ4v) is 2.35. The van der Waals surface area contributed by atoms with Crippen molar-refractivity contribution in [3.63, 3.8) is 0 Å². The van der Waals surface area contributed by atoms with Crippen molar-refractivity contribution in [2.75, 3.05) is 13.1 Å². The predicted molar refractivity (Wildman–Crippen MR) is 75.4 cm³/mol. The number of carbonyl (C=O) groups excluding carboxylic acids is 1. The first-order chi connectivity index (χ1) is 10.3. The molecule has 0 aliphatic carbocycles. The van der Waals surface area contributed by atoms with Crippen molar-refractivity contribution in [1.29, 1.82) is 0 Å². The van der Waals surface area contributed by atoms with Crippen LogP contribution in [-0.4, -0.2) is 40.2 Å². The first-order valence-corrected chi connectivity index (χ1v) is 7.06. The number of nitrogens with zero attached hydrogens (tertiary/aromatic N) is 3. The Bertz CT molecular complexity index is 640. The Balaban J connectivity index is 1.78. The summed E-state index contributed by atoms with van der Waals surface area (Å²) < 4.78 is 5.25. The number of pyridine rings is 1. The Kier molecular flexibility index (Phi) is 3.92. The van der Waals surface area contributed by atoms with Crippen LogP contribution in [0.3, 0.4) is 0 Å². The van der Waals surface area contributed by atoms with Gasteiger partial charge in [-0.3, -0.25) is 9.78 Å². The number of aryl methyl sites for hydroxylation is 1. The number of piperazine rings is 1. The van der Waals surface area contributed by atoms with E-state index in [0.717, 1.165) is 24.2 Å². The van der Waals surface area contributed by atoms with Crippen molar-refractivity contribution in [2.45, 2.75) is 25.8 Å². The van der Waals surface area contributed by atoms with Gasteiger partial charge in [0.05, 0.1) is 12.5 Å². The van der Waals surface area contributed by atoms with Crippen molar-refractivity contribution in [3.8, 4) is 11.5 Å². The van der Waals surface area contributed by atoms with Gasteiger partial charge in [-0.2, -0.15) is 4.98 Å². The molecule has 7 nitrogen and oxygen atoms in total. The lowest BCUT2D eigenvalue weighted by Crippen LogP contribution is -2.53. The minimum Gasteiger partial charge on any atom is -0.353 e. The van der Waals surface area contributed by atoms with Crippen LogP contribution in [0, 0.1) is 0 Å². The average molecular weight is 287 g/mol. The summed E-state index contributed by atoms with van der Waals surface area (Å²) in [6.07, 6.45) is 2.94. The maximum Gasteiger partial charge on any atom is 0.237 e. The van der Waals surface area contributed by atoms with Gasteiger partial charge in [-0.1, -0.05) is 18.1 Å². The molecule has 3 rings (SSSR count). The number of carbonyl (C=O) groups is 1. The fourth-order valence-electron chi connectivity index (χ4n) is 2.35. The summed E-state index contributed by atoms with van der Waals surface area (Å²) in [5, 5.41) is 9.92. The molecule has 1 amide bonds. The quantitative estimate of drug-likeness (QED) is 0.841. The van der Waals surface area contributed by atoms with Crippen LogP contribution in [0.5, 0.6) is 0 Å². The smallest absolute Gasteiger partial charge is 0.237 e. The summed E-state index contributed by atoms with van der Waals surface area (Å²) in [6, 6.07) is 3.56. The molecule has 1 aliphatic rings. The lowest BCUT2D eigenvalue weighted by molar-refractivity contribution is -0.124. The molecule has 0 spiro atoms. The number of nitrogens with one attached hydrogen (secondary N) is 2. The molecular formula is C14H17N5O2. The Hall–Kier alpha value is -2.28. The molecule has 1 fully saturated rings. The van der Waals surface area contributed by atoms with E-state index in [4.69, 9.17) is 4.52 Å². The zero-order valence-electron chi connectivity index (χ0n) is 11.8. The molecule has 110 valence electrons. The van der Waals surface area contributed by atoms with Gasteiger partial charge in [0, 0.05) is 19.3 Å². The number of amides is 1. The van der Waals surface area contributed by atoms with E-state index in [9.17, 15) is 4.79 Å². The second kappa shape index (κ2) is 6.01. The molecule has 2 aromatic rings. The van der Waals surface area contributed by atoms with Gasteiger partial charge >= 0.3 is 0 Å². The summed E-state index contributed by atoms with van der Waals surface area (Å²) in [4.78, 5) is 20.4. The fraction of sp³-hybridized carbons (Fsp3) is 0.429. The Morgan fingerprint density at radius 3 is 3.14 bits per heavy atom. The first-order valence-electron chi connectivity index (χ1n) is 7.06. The molecule has 0 bridgehead atoms. The SMILES string of the molecule is CCc1cccnc1-c1noc(CC2NCCNC2=O)n1. The van der Waals surface area contributed by atoms with Crippen LogP contribution in [0.2, 0.25) is 0 Å². The van der Waals surface area contributed by atoms with Crippen LogP contribution in [-0.2, 0) is 17.6 Å². The molecule has 1 saturated heterocycles. The maximum absolute atomic E-state index is 11.7. The average Bonchev–Trinajstić information content (AvgIpc) is 2.98. The van der Waals surface area contributed by atoms with Crippen LogP contribution in [0.4, 0.5) is 0 Å². The lowest BCUT2D eigenvalue weighted by Gasteiger charge is -2.21. The highest BCUT2D eigenvalue weighted by molar-refractivity contribution is 5.82. The molecule has 1 aliphatic heterocycles. The summed E-state index contributed by atoms with van der Waals surface area (Å²) in [7, 11) is 0. The molecular weight excluding hydrogens is 270 g/mol. The molecule has 2 N–H and O–H groups in total. The molecule has 2 aromatic heterocycles. The molecule has 0 aromatic carbocycles. The molecule has 7 heteroatoms. The van der Waals surface area contributed by atoms with E-state index in [-0.39, 0.29) is 11.9 Å². The monoisotopic (exact) mass is 287 g/mol. The molecule has 1 atom stereocenters. The van der Waals surface area contributed by atoms with Crippen LogP contribution in [0.25, 0.3) is 11.5 Å². The first kappa shape index (κ1) is 13.7. The van der Waals surface area contributed by atoms with Gasteiger partial charge in [-0.25, -0.2) is 0 Å². The van der Waals surface area contributed by atoms with Gasteiger partial charge in [-0.05, 0) is 18.1 Å². The molecule has 21 heavy (non-hydrogen) atoms. The van der Waals surface area contributed by atoms with Gasteiger partial charge in [0.15, 0.2) is 0 Å². The van der Waals surface area contributed by atoms with Crippen LogP contribution >= 0.6 is 0 Å². The van der Waals surface area contributed by atoms with Gasteiger partial charge < -0.3 is 15.2 Å². The van der Waals surface area contributed by atoms with E-state index in [1.165, 1.54) is 0 Å². The Morgan fingerprint density at radius 1 is 1.43 bits per heavy atom. The summed E-state index contributed by atoms with van der Waals surface area (Å²) in [6.45, 7) is 3.45. The summed E-state index contributed by atoms with van der Waals surface area (Å²) in [5.74, 6) is 0.874. The highest BCUT2D eigenvalue weighted by Crippen LogP contribution is 2.18. The van der Waals surface area contributed by atoms with Crippen LogP contribution in [0.15, 0.2) is 22.9 Å². The number of aromatic nitrogens is 3. The maximum atomic E-state index is 11.7. The van der Waals surface area contributed by atoms with Crippen molar-refractivity contribution in [2.24, 2.45) is 0 Å². The molecule has 3 heterocycles. The Morgan fingerprint density at radius 2 is 2.33 bits per heavy atom. The highest BCUT2D eigenvalue weighted by atomic mass is 16.5. The van der Waals surface area contributed by atoms with E-state index >= 15 is 0 Å². The summed E-state index contributed by atoms with van der Waals surface area (Å²) in [5.41, 5.74) is 1.80. The lowest BCUT2D eigenvalue weighted by atomic mass is 10.1. The Labute approximate surface area is 122 Å². The highest BCUT2D eigenvalue weighted by Gasteiger charge is 2.24. The van der Waals surface area contributed by atoms with Gasteiger partial charge in [0.25, 0.3) is 0 Å². The third-order valence-corrected chi connectivity index (χ3v) is 3.46. The van der Waals surface area contributed by atoms with Crippen molar-refractivity contribution in [1.82, 2.24) is 25.8 Å². The van der Waals surface area contributed by atoms with E-state index < -0.39 is 0 Å². The second-order valence-corrected chi connectivity index (χ2v) is 4.88. The zero-order valence-corrected chi connectivity index (χ0v) is 11.8. The van der Waals surface area contributed by atoms with Crippen molar-refractivity contribution < 1.29 is 9.32 Å². The van der Waals surface area contributed by atoms with E-state index in [1.807, 2.05) is 12.1 Å². The van der Waals surface area contributed by atoms with Crippen LogP contribution in [0.1, 0.15) is 18.4 Å². The minimum absolute atomic E-state index is 0.0342. The van der Waals surface area contributed by atoms with Gasteiger partial charge in [-0.15, -0.1) is 0 Å². The zero-order chi connectivity index (χ0) is 14.7. The minimum atomic E-state index is -0.318. The molecule has 1 unspecified atom stereocenters. The van der Waals surface area contributed by atoms with E-state index in [0.29, 0.717) is 24.7 Å². The van der Waals surface area contributed by atoms with Crippen LogP contribution < -0.4 is 10.6 Å². The van der Waals surface area contributed by atoms with Crippen molar-refractivity contribution in [3.05, 3.63) is 29.8 Å². The topological polar surface area (TPSA) is 92.9 Å². The number of hydrogen-bond donors (Lipinski definition) is 2. The molecule has 0 saturated carbocycles. The third-order valence-electron chi connectivity index (χ3n) is 3.46.